The normalized spacial score (nSPS) is 24.8. The van der Waals surface area contributed by atoms with Crippen LogP contribution in [-0.4, -0.2) is 28.5 Å². The highest BCUT2D eigenvalue weighted by Gasteiger charge is 2.47. The summed E-state index contributed by atoms with van der Waals surface area (Å²) < 4.78 is 0. The van der Waals surface area contributed by atoms with Gasteiger partial charge in [0.2, 0.25) is 12.8 Å². The summed E-state index contributed by atoms with van der Waals surface area (Å²) >= 11 is 0. The van der Waals surface area contributed by atoms with E-state index in [1.165, 1.54) is 18.9 Å². The molecule has 3 rings (SSSR count). The van der Waals surface area contributed by atoms with Crippen LogP contribution in [0.15, 0.2) is 30.5 Å². The Morgan fingerprint density at radius 1 is 1.27 bits per heavy atom. The lowest BCUT2D eigenvalue weighted by atomic mass is 9.57. The van der Waals surface area contributed by atoms with E-state index in [1.807, 2.05) is 13.0 Å². The van der Waals surface area contributed by atoms with Gasteiger partial charge >= 0.3 is 0 Å². The van der Waals surface area contributed by atoms with Crippen molar-refractivity contribution in [1.29, 1.82) is 5.26 Å². The van der Waals surface area contributed by atoms with Crippen molar-refractivity contribution in [3.63, 3.8) is 0 Å². The second kappa shape index (κ2) is 9.36. The van der Waals surface area contributed by atoms with Crippen molar-refractivity contribution in [3.05, 3.63) is 36.0 Å². The van der Waals surface area contributed by atoms with E-state index in [-0.39, 0.29) is 5.41 Å². The van der Waals surface area contributed by atoms with Crippen molar-refractivity contribution < 1.29 is 14.7 Å². The minimum atomic E-state index is -0.449. The third kappa shape index (κ3) is 4.52. The lowest BCUT2D eigenvalue weighted by Crippen LogP contribution is -2.49. The van der Waals surface area contributed by atoms with Gasteiger partial charge in [-0.25, -0.2) is 0 Å². The number of imide groups is 1. The first kappa shape index (κ1) is 23.5. The number of fused-ring (bicyclic) bond motifs is 1. The maximum Gasteiger partial charge on any atom is 0.220 e. The zero-order valence-corrected chi connectivity index (χ0v) is 18.4. The summed E-state index contributed by atoms with van der Waals surface area (Å²) in [6, 6.07) is 8.48. The van der Waals surface area contributed by atoms with E-state index >= 15 is 0 Å². The molecule has 2 aromatic rings. The van der Waals surface area contributed by atoms with Gasteiger partial charge < -0.3 is 5.11 Å². The molecular formula is C24H31N3O3. The molecule has 30 heavy (non-hydrogen) atoms. The number of nitriles is 1. The van der Waals surface area contributed by atoms with Gasteiger partial charge in [-0.3, -0.25) is 19.5 Å². The molecule has 1 saturated carbocycles. The fraction of sp³-hybridized carbons (Fsp3) is 0.500. The molecule has 0 aliphatic heterocycles. The standard InChI is InChI=1S/C12H7N3O2.C12H24O/c13-6-9-3-4-11(15(7-16)8-17)10-2-1-5-14-12(9)10;1-6-10-7-8-12(5,13)9(2)11(10,3)4/h1-5,7-8H;9-10,13H,6-8H2,1-5H3. The average molecular weight is 410 g/mol. The molecule has 1 aliphatic rings. The molecule has 3 unspecified atom stereocenters. The second-order valence-corrected chi connectivity index (χ2v) is 8.81. The van der Waals surface area contributed by atoms with Gasteiger partial charge in [0.25, 0.3) is 0 Å². The van der Waals surface area contributed by atoms with Crippen molar-refractivity contribution in [2.45, 2.75) is 59.5 Å². The number of aliphatic hydroxyl groups is 1. The monoisotopic (exact) mass is 409 g/mol. The highest BCUT2D eigenvalue weighted by Crippen LogP contribution is 2.50. The van der Waals surface area contributed by atoms with Crippen LogP contribution in [0, 0.1) is 28.6 Å². The lowest BCUT2D eigenvalue weighted by molar-refractivity contribution is -0.114. The van der Waals surface area contributed by atoms with Gasteiger partial charge in [-0.2, -0.15) is 5.26 Å². The molecule has 3 atom stereocenters. The Hall–Kier alpha value is -2.78. The van der Waals surface area contributed by atoms with Gasteiger partial charge in [0.1, 0.15) is 6.07 Å². The molecule has 1 N–H and O–H groups in total. The predicted octanol–water partition coefficient (Wildman–Crippen LogP) is 4.45. The molecule has 1 fully saturated rings. The topological polar surface area (TPSA) is 94.3 Å². The van der Waals surface area contributed by atoms with E-state index in [9.17, 15) is 14.7 Å². The Morgan fingerprint density at radius 3 is 2.50 bits per heavy atom. The van der Waals surface area contributed by atoms with E-state index in [0.717, 1.165) is 17.2 Å². The van der Waals surface area contributed by atoms with Crippen LogP contribution >= 0.6 is 0 Å². The van der Waals surface area contributed by atoms with Crippen LogP contribution in [0.5, 0.6) is 0 Å². The Labute approximate surface area is 178 Å². The Bertz CT molecular complexity index is 938. The number of rotatable bonds is 4. The number of anilines is 1. The molecular weight excluding hydrogens is 378 g/mol. The van der Waals surface area contributed by atoms with Crippen LogP contribution in [0.4, 0.5) is 5.69 Å². The fourth-order valence-corrected chi connectivity index (χ4v) is 4.55. The minimum Gasteiger partial charge on any atom is -0.390 e. The first-order chi connectivity index (χ1) is 14.1. The lowest BCUT2D eigenvalue weighted by Gasteiger charge is -2.51. The Balaban J connectivity index is 0.000000222. The largest absolute Gasteiger partial charge is 0.390 e. The summed E-state index contributed by atoms with van der Waals surface area (Å²) in [5.41, 5.74) is 1.13. The molecule has 0 bridgehead atoms. The molecule has 1 aromatic carbocycles. The van der Waals surface area contributed by atoms with Crippen LogP contribution in [-0.2, 0) is 9.59 Å². The molecule has 1 aliphatic carbocycles. The summed E-state index contributed by atoms with van der Waals surface area (Å²) in [5.74, 6) is 1.18. The fourth-order valence-electron chi connectivity index (χ4n) is 4.55. The zero-order valence-electron chi connectivity index (χ0n) is 18.4. The first-order valence-corrected chi connectivity index (χ1v) is 10.3. The molecule has 6 heteroatoms. The van der Waals surface area contributed by atoms with Crippen molar-refractivity contribution in [1.82, 2.24) is 4.98 Å². The molecule has 0 saturated heterocycles. The maximum absolute atomic E-state index is 10.7. The van der Waals surface area contributed by atoms with E-state index in [0.29, 0.717) is 40.9 Å². The number of aromatic nitrogens is 1. The number of carbonyl (C=O) groups excluding carboxylic acids is 2. The number of benzene rings is 1. The number of amides is 2. The van der Waals surface area contributed by atoms with Crippen molar-refractivity contribution in [2.75, 3.05) is 4.90 Å². The van der Waals surface area contributed by atoms with E-state index in [4.69, 9.17) is 5.26 Å². The Morgan fingerprint density at radius 2 is 1.93 bits per heavy atom. The molecule has 0 spiro atoms. The average Bonchev–Trinajstić information content (AvgIpc) is 2.74. The zero-order chi connectivity index (χ0) is 22.5. The van der Waals surface area contributed by atoms with Crippen molar-refractivity contribution in [2.24, 2.45) is 17.3 Å². The molecule has 1 heterocycles. The van der Waals surface area contributed by atoms with Gasteiger partial charge in [0.15, 0.2) is 0 Å². The summed E-state index contributed by atoms with van der Waals surface area (Å²) in [5, 5.41) is 19.7. The molecule has 2 amide bonds. The number of carbonyl (C=O) groups is 2. The first-order valence-electron chi connectivity index (χ1n) is 10.3. The number of hydrogen-bond donors (Lipinski definition) is 1. The maximum atomic E-state index is 10.7. The highest BCUT2D eigenvalue weighted by molar-refractivity contribution is 6.06. The SMILES string of the molecule is CCC1CCC(C)(O)C(C)C1(C)C.N#Cc1ccc(N(C=O)C=O)c2cccnc12. The van der Waals surface area contributed by atoms with Gasteiger partial charge in [-0.15, -0.1) is 0 Å². The van der Waals surface area contributed by atoms with E-state index in [2.05, 4.69) is 32.7 Å². The van der Waals surface area contributed by atoms with Gasteiger partial charge in [-0.1, -0.05) is 34.1 Å². The summed E-state index contributed by atoms with van der Waals surface area (Å²) in [7, 11) is 0. The van der Waals surface area contributed by atoms with Crippen molar-refractivity contribution >= 4 is 29.4 Å². The van der Waals surface area contributed by atoms with Gasteiger partial charge in [0, 0.05) is 11.6 Å². The third-order valence-corrected chi connectivity index (χ3v) is 6.97. The second-order valence-electron chi connectivity index (χ2n) is 8.81. The van der Waals surface area contributed by atoms with Crippen LogP contribution in [0.25, 0.3) is 10.9 Å². The minimum absolute atomic E-state index is 0.288. The smallest absolute Gasteiger partial charge is 0.220 e. The quantitative estimate of drug-likeness (QED) is 0.753. The molecule has 160 valence electrons. The number of pyridine rings is 1. The van der Waals surface area contributed by atoms with Gasteiger partial charge in [-0.05, 0) is 61.3 Å². The molecule has 1 aromatic heterocycles. The predicted molar refractivity (Wildman–Crippen MR) is 118 cm³/mol. The number of hydrogen-bond acceptors (Lipinski definition) is 5. The highest BCUT2D eigenvalue weighted by atomic mass is 16.3. The molecule has 6 nitrogen and oxygen atoms in total. The van der Waals surface area contributed by atoms with Gasteiger partial charge in [0.05, 0.1) is 22.4 Å². The number of nitrogens with zero attached hydrogens (tertiary/aromatic N) is 3. The van der Waals surface area contributed by atoms with E-state index in [1.54, 1.807) is 24.4 Å². The Kier molecular flexibility index (Phi) is 7.33. The summed E-state index contributed by atoms with van der Waals surface area (Å²) in [6.45, 7) is 11.1. The molecule has 0 radical (unpaired) electrons. The summed E-state index contributed by atoms with van der Waals surface area (Å²) in [6.07, 6.45) is 5.78. The van der Waals surface area contributed by atoms with Crippen LogP contribution < -0.4 is 4.90 Å². The van der Waals surface area contributed by atoms with Crippen LogP contribution in [0.3, 0.4) is 0 Å². The van der Waals surface area contributed by atoms with E-state index < -0.39 is 5.60 Å². The summed E-state index contributed by atoms with van der Waals surface area (Å²) in [4.78, 5) is 26.5. The third-order valence-electron chi connectivity index (χ3n) is 6.97. The van der Waals surface area contributed by atoms with Crippen molar-refractivity contribution in [3.8, 4) is 6.07 Å². The van der Waals surface area contributed by atoms with Crippen LogP contribution in [0.1, 0.15) is 59.4 Å². The van der Waals surface area contributed by atoms with Crippen LogP contribution in [0.2, 0.25) is 0 Å².